The molecule has 4 heteroatoms. The van der Waals surface area contributed by atoms with Crippen molar-refractivity contribution in [3.63, 3.8) is 0 Å². The predicted octanol–water partition coefficient (Wildman–Crippen LogP) is 1.09. The van der Waals surface area contributed by atoms with E-state index >= 15 is 0 Å². The summed E-state index contributed by atoms with van der Waals surface area (Å²) in [6.45, 7) is 3.68. The van der Waals surface area contributed by atoms with Crippen LogP contribution in [0.25, 0.3) is 0 Å². The fraction of sp³-hybridized carbons (Fsp3) is 0.727. The molecule has 2 aliphatic heterocycles. The van der Waals surface area contributed by atoms with E-state index in [1.54, 1.807) is 6.20 Å². The van der Waals surface area contributed by atoms with Crippen molar-refractivity contribution >= 4 is 5.97 Å². The third kappa shape index (κ3) is 2.50. The lowest BCUT2D eigenvalue weighted by Crippen LogP contribution is -2.31. The highest BCUT2D eigenvalue weighted by atomic mass is 16.5. The van der Waals surface area contributed by atoms with Crippen LogP contribution in [0, 0.1) is 5.41 Å². The van der Waals surface area contributed by atoms with Gasteiger partial charge in [-0.1, -0.05) is 0 Å². The second-order valence-electron chi connectivity index (χ2n) is 4.49. The predicted molar refractivity (Wildman–Crippen MR) is 55.5 cm³/mol. The van der Waals surface area contributed by atoms with Crippen LogP contribution in [0.2, 0.25) is 0 Å². The van der Waals surface area contributed by atoms with Crippen LogP contribution in [-0.4, -0.2) is 42.3 Å². The minimum Gasteiger partial charge on any atom is -0.478 e. The van der Waals surface area contributed by atoms with Crippen molar-refractivity contribution in [2.24, 2.45) is 5.41 Å². The van der Waals surface area contributed by atoms with Gasteiger partial charge in [0.1, 0.15) is 0 Å². The van der Waals surface area contributed by atoms with E-state index in [2.05, 4.69) is 4.90 Å². The zero-order valence-electron chi connectivity index (χ0n) is 8.82. The van der Waals surface area contributed by atoms with Gasteiger partial charge in [-0.3, -0.25) is 0 Å². The van der Waals surface area contributed by atoms with Gasteiger partial charge in [0.15, 0.2) is 0 Å². The lowest BCUT2D eigenvalue weighted by Gasteiger charge is -2.32. The Balaban J connectivity index is 1.90. The summed E-state index contributed by atoms with van der Waals surface area (Å²) in [5, 5.41) is 8.54. The summed E-state index contributed by atoms with van der Waals surface area (Å²) in [4.78, 5) is 12.5. The van der Waals surface area contributed by atoms with Crippen molar-refractivity contribution in [1.29, 1.82) is 0 Å². The van der Waals surface area contributed by atoms with E-state index in [4.69, 9.17) is 9.84 Å². The SMILES string of the molecule is O=C(O)/C=C/N1CCC2(CCOCC2)C1. The lowest BCUT2D eigenvalue weighted by atomic mass is 9.80. The molecule has 2 aliphatic rings. The normalized spacial score (nSPS) is 25.2. The Labute approximate surface area is 89.5 Å². The monoisotopic (exact) mass is 211 g/mol. The van der Waals surface area contributed by atoms with Gasteiger partial charge in [-0.25, -0.2) is 4.79 Å². The van der Waals surface area contributed by atoms with Crippen molar-refractivity contribution in [1.82, 2.24) is 4.90 Å². The fourth-order valence-electron chi connectivity index (χ4n) is 2.48. The Morgan fingerprint density at radius 1 is 1.33 bits per heavy atom. The van der Waals surface area contributed by atoms with Crippen LogP contribution < -0.4 is 0 Å². The number of ether oxygens (including phenoxy) is 1. The van der Waals surface area contributed by atoms with Crippen molar-refractivity contribution in [2.75, 3.05) is 26.3 Å². The van der Waals surface area contributed by atoms with Gasteiger partial charge >= 0.3 is 5.97 Å². The quantitative estimate of drug-likeness (QED) is 0.694. The molecular formula is C11H17NO3. The summed E-state index contributed by atoms with van der Waals surface area (Å²) in [6.07, 6.45) is 6.32. The van der Waals surface area contributed by atoms with Crippen LogP contribution >= 0.6 is 0 Å². The first kappa shape index (κ1) is 10.5. The minimum absolute atomic E-state index is 0.390. The van der Waals surface area contributed by atoms with Gasteiger partial charge < -0.3 is 14.7 Å². The standard InChI is InChI=1S/C11H17NO3/c13-10(14)1-5-12-6-2-11(9-12)3-7-15-8-4-11/h1,5H,2-4,6-9H2,(H,13,14)/b5-1+. The molecule has 0 atom stereocenters. The van der Waals surface area contributed by atoms with Crippen molar-refractivity contribution in [3.8, 4) is 0 Å². The van der Waals surface area contributed by atoms with E-state index < -0.39 is 5.97 Å². The Bertz CT molecular complexity index is 269. The number of carboxylic acids is 1. The number of aliphatic carboxylic acids is 1. The van der Waals surface area contributed by atoms with Gasteiger partial charge in [-0.15, -0.1) is 0 Å². The van der Waals surface area contributed by atoms with E-state index in [0.717, 1.165) is 39.1 Å². The van der Waals surface area contributed by atoms with Gasteiger partial charge in [-0.2, -0.15) is 0 Å². The Hall–Kier alpha value is -1.03. The smallest absolute Gasteiger partial charge is 0.329 e. The van der Waals surface area contributed by atoms with Crippen LogP contribution in [0.1, 0.15) is 19.3 Å². The summed E-state index contributed by atoms with van der Waals surface area (Å²) in [6, 6.07) is 0. The maximum atomic E-state index is 10.4. The fourth-order valence-corrected chi connectivity index (χ4v) is 2.48. The molecule has 0 aromatic heterocycles. The van der Waals surface area contributed by atoms with Crippen molar-refractivity contribution in [3.05, 3.63) is 12.3 Å². The molecule has 1 spiro atoms. The molecule has 15 heavy (non-hydrogen) atoms. The number of nitrogens with zero attached hydrogens (tertiary/aromatic N) is 1. The molecule has 4 nitrogen and oxygen atoms in total. The molecule has 0 amide bonds. The highest BCUT2D eigenvalue weighted by molar-refractivity contribution is 5.79. The van der Waals surface area contributed by atoms with Crippen LogP contribution in [-0.2, 0) is 9.53 Å². The van der Waals surface area contributed by atoms with E-state index in [0.29, 0.717) is 5.41 Å². The molecule has 2 rings (SSSR count). The first-order valence-electron chi connectivity index (χ1n) is 5.43. The van der Waals surface area contributed by atoms with E-state index in [1.807, 2.05) is 0 Å². The molecule has 0 radical (unpaired) electrons. The van der Waals surface area contributed by atoms with Gasteiger partial charge in [0.2, 0.25) is 0 Å². The molecule has 2 saturated heterocycles. The second-order valence-corrected chi connectivity index (χ2v) is 4.49. The molecule has 0 aliphatic carbocycles. The molecule has 0 aromatic carbocycles. The zero-order chi connectivity index (χ0) is 10.7. The van der Waals surface area contributed by atoms with Gasteiger partial charge in [0.25, 0.3) is 0 Å². The van der Waals surface area contributed by atoms with Gasteiger partial charge in [-0.05, 0) is 24.7 Å². The Kier molecular flexibility index (Phi) is 2.95. The number of hydrogen-bond donors (Lipinski definition) is 1. The van der Waals surface area contributed by atoms with Crippen molar-refractivity contribution in [2.45, 2.75) is 19.3 Å². The molecular weight excluding hydrogens is 194 g/mol. The van der Waals surface area contributed by atoms with Gasteiger partial charge in [0, 0.05) is 38.6 Å². The van der Waals surface area contributed by atoms with E-state index in [9.17, 15) is 4.79 Å². The molecule has 0 bridgehead atoms. The maximum Gasteiger partial charge on any atom is 0.329 e. The molecule has 0 saturated carbocycles. The zero-order valence-corrected chi connectivity index (χ0v) is 8.82. The van der Waals surface area contributed by atoms with E-state index in [1.165, 1.54) is 12.5 Å². The highest BCUT2D eigenvalue weighted by Crippen LogP contribution is 2.39. The van der Waals surface area contributed by atoms with E-state index in [-0.39, 0.29) is 0 Å². The Morgan fingerprint density at radius 2 is 2.07 bits per heavy atom. The molecule has 2 fully saturated rings. The number of carbonyl (C=O) groups is 1. The minimum atomic E-state index is -0.872. The molecule has 1 N–H and O–H groups in total. The summed E-state index contributed by atoms with van der Waals surface area (Å²) < 4.78 is 5.36. The summed E-state index contributed by atoms with van der Waals surface area (Å²) in [7, 11) is 0. The van der Waals surface area contributed by atoms with Crippen LogP contribution in [0.5, 0.6) is 0 Å². The first-order chi connectivity index (χ1) is 7.20. The largest absolute Gasteiger partial charge is 0.478 e. The summed E-state index contributed by atoms with van der Waals surface area (Å²) in [5.41, 5.74) is 0.390. The number of rotatable bonds is 2. The Morgan fingerprint density at radius 3 is 2.73 bits per heavy atom. The number of hydrogen-bond acceptors (Lipinski definition) is 3. The average molecular weight is 211 g/mol. The highest BCUT2D eigenvalue weighted by Gasteiger charge is 2.38. The van der Waals surface area contributed by atoms with Crippen LogP contribution in [0.3, 0.4) is 0 Å². The first-order valence-corrected chi connectivity index (χ1v) is 5.43. The topological polar surface area (TPSA) is 49.8 Å². The van der Waals surface area contributed by atoms with Crippen molar-refractivity contribution < 1.29 is 14.6 Å². The van der Waals surface area contributed by atoms with Crippen LogP contribution in [0.15, 0.2) is 12.3 Å². The van der Waals surface area contributed by atoms with Gasteiger partial charge in [0.05, 0.1) is 0 Å². The average Bonchev–Trinajstić information content (AvgIpc) is 2.60. The second kappa shape index (κ2) is 4.23. The molecule has 0 aromatic rings. The maximum absolute atomic E-state index is 10.4. The molecule has 84 valence electrons. The summed E-state index contributed by atoms with van der Waals surface area (Å²) >= 11 is 0. The molecule has 2 heterocycles. The third-order valence-corrected chi connectivity index (χ3v) is 3.45. The lowest BCUT2D eigenvalue weighted by molar-refractivity contribution is -0.131. The molecule has 0 unspecified atom stereocenters. The number of carboxylic acid groups (broad SMARTS) is 1. The third-order valence-electron chi connectivity index (χ3n) is 3.45. The van der Waals surface area contributed by atoms with Crippen LogP contribution in [0.4, 0.5) is 0 Å². The number of likely N-dealkylation sites (tertiary alicyclic amines) is 1. The summed E-state index contributed by atoms with van der Waals surface area (Å²) in [5.74, 6) is -0.872.